The van der Waals surface area contributed by atoms with E-state index in [4.69, 9.17) is 16.3 Å². The number of ether oxygens (including phenoxy) is 1. The van der Waals surface area contributed by atoms with Crippen LogP contribution >= 0.6 is 11.6 Å². The van der Waals surface area contributed by atoms with Crippen molar-refractivity contribution in [1.82, 2.24) is 15.5 Å². The molecule has 0 unspecified atom stereocenters. The van der Waals surface area contributed by atoms with Crippen LogP contribution in [0, 0.1) is 0 Å². The van der Waals surface area contributed by atoms with Crippen LogP contribution in [0.15, 0.2) is 48.5 Å². The Bertz CT molecular complexity index is 873. The van der Waals surface area contributed by atoms with Gasteiger partial charge in [0.25, 0.3) is 0 Å². The first-order valence-corrected chi connectivity index (χ1v) is 12.2. The van der Waals surface area contributed by atoms with E-state index in [1.54, 1.807) is 7.11 Å². The molecule has 1 aliphatic rings. The molecular formula is C26H37ClN4O2. The number of rotatable bonds is 12. The summed E-state index contributed by atoms with van der Waals surface area (Å²) < 4.78 is 5.08. The molecule has 1 saturated heterocycles. The molecule has 0 radical (unpaired) electrons. The number of nitrogens with one attached hydrogen (secondary N) is 2. The topological polar surface area (TPSA) is 56.8 Å². The maximum atomic E-state index is 12.9. The van der Waals surface area contributed by atoms with Gasteiger partial charge in [-0.05, 0) is 49.6 Å². The number of carbonyl (C=O) groups excluding carboxylic acids is 1. The van der Waals surface area contributed by atoms with Gasteiger partial charge in [-0.15, -0.1) is 0 Å². The van der Waals surface area contributed by atoms with Crippen molar-refractivity contribution < 1.29 is 9.53 Å². The van der Waals surface area contributed by atoms with Crippen molar-refractivity contribution in [3.05, 3.63) is 64.7 Å². The third-order valence-electron chi connectivity index (χ3n) is 6.30. The van der Waals surface area contributed by atoms with Gasteiger partial charge in [-0.1, -0.05) is 41.9 Å². The van der Waals surface area contributed by atoms with E-state index in [-0.39, 0.29) is 18.0 Å². The van der Waals surface area contributed by atoms with E-state index in [0.29, 0.717) is 19.7 Å². The fourth-order valence-electron chi connectivity index (χ4n) is 4.41. The minimum Gasteiger partial charge on any atom is -0.383 e. The Morgan fingerprint density at radius 1 is 1.15 bits per heavy atom. The second-order valence-electron chi connectivity index (χ2n) is 8.47. The average Bonchev–Trinajstić information content (AvgIpc) is 3.24. The summed E-state index contributed by atoms with van der Waals surface area (Å²) in [5.41, 5.74) is 3.54. The van der Waals surface area contributed by atoms with Gasteiger partial charge in [0.05, 0.1) is 12.6 Å². The second kappa shape index (κ2) is 12.9. The van der Waals surface area contributed by atoms with Gasteiger partial charge in [0.1, 0.15) is 0 Å². The molecule has 7 heteroatoms. The summed E-state index contributed by atoms with van der Waals surface area (Å²) in [5, 5.41) is 7.41. The number of methoxy groups -OCH3 is 1. The Hall–Kier alpha value is -2.12. The average molecular weight is 473 g/mol. The normalized spacial score (nSPS) is 18.4. The monoisotopic (exact) mass is 472 g/mol. The predicted molar refractivity (Wildman–Crippen MR) is 136 cm³/mol. The number of amides is 1. The van der Waals surface area contributed by atoms with E-state index in [1.807, 2.05) is 24.3 Å². The van der Waals surface area contributed by atoms with Gasteiger partial charge in [-0.25, -0.2) is 0 Å². The van der Waals surface area contributed by atoms with Gasteiger partial charge in [0.15, 0.2) is 0 Å². The molecule has 2 aromatic carbocycles. The molecule has 0 saturated carbocycles. The van der Waals surface area contributed by atoms with Gasteiger partial charge in [-0.2, -0.15) is 0 Å². The highest BCUT2D eigenvalue weighted by atomic mass is 35.5. The van der Waals surface area contributed by atoms with Gasteiger partial charge in [-0.3, -0.25) is 9.69 Å². The fraction of sp³-hybridized carbons (Fsp3) is 0.500. The molecule has 3 rings (SSSR count). The first-order valence-electron chi connectivity index (χ1n) is 11.9. The standard InChI is InChI=1S/C26H37ClN4O2/c1-4-30(5-2)23-12-10-20(11-13-23)17-29-22-16-25(26(32)28-14-15-33-3)31(19-22)18-21-8-6-7-9-24(21)27/h6-13,22,25,29H,4-5,14-19H2,1-3H3,(H,28,32)/t22-,25+/m1/s1. The molecule has 0 aliphatic carbocycles. The lowest BCUT2D eigenvalue weighted by atomic mass is 10.1. The third kappa shape index (κ3) is 7.18. The van der Waals surface area contributed by atoms with Gasteiger partial charge >= 0.3 is 0 Å². The van der Waals surface area contributed by atoms with Crippen molar-refractivity contribution in [2.24, 2.45) is 0 Å². The van der Waals surface area contributed by atoms with Crippen LogP contribution in [0.25, 0.3) is 0 Å². The van der Waals surface area contributed by atoms with Crippen LogP contribution in [-0.4, -0.2) is 62.8 Å². The fourth-order valence-corrected chi connectivity index (χ4v) is 4.61. The summed E-state index contributed by atoms with van der Waals surface area (Å²) in [7, 11) is 1.64. The highest BCUT2D eigenvalue weighted by Gasteiger charge is 2.36. The molecule has 1 fully saturated rings. The molecular weight excluding hydrogens is 436 g/mol. The Kier molecular flexibility index (Phi) is 10.0. The maximum Gasteiger partial charge on any atom is 0.237 e. The summed E-state index contributed by atoms with van der Waals surface area (Å²) in [5.74, 6) is 0.0481. The van der Waals surface area contributed by atoms with Gasteiger partial charge < -0.3 is 20.3 Å². The highest BCUT2D eigenvalue weighted by molar-refractivity contribution is 6.31. The molecule has 1 amide bonds. The SMILES string of the molecule is CCN(CC)c1ccc(CN[C@@H]2C[C@@H](C(=O)NCCOC)N(Cc3ccccc3Cl)C2)cc1. The Balaban J connectivity index is 1.62. The summed E-state index contributed by atoms with van der Waals surface area (Å²) in [6, 6.07) is 16.6. The summed E-state index contributed by atoms with van der Waals surface area (Å²) >= 11 is 6.40. The molecule has 6 nitrogen and oxygen atoms in total. The van der Waals surface area contributed by atoms with Crippen molar-refractivity contribution in [2.75, 3.05) is 44.8 Å². The van der Waals surface area contributed by atoms with E-state index in [2.05, 4.69) is 58.5 Å². The van der Waals surface area contributed by atoms with Crippen LogP contribution < -0.4 is 15.5 Å². The lowest BCUT2D eigenvalue weighted by Crippen LogP contribution is -2.43. The van der Waals surface area contributed by atoms with Crippen LogP contribution in [0.3, 0.4) is 0 Å². The summed E-state index contributed by atoms with van der Waals surface area (Å²) in [6.07, 6.45) is 0.765. The Labute approximate surface area is 203 Å². The molecule has 0 bridgehead atoms. The predicted octanol–water partition coefficient (Wildman–Crippen LogP) is 3.68. The van der Waals surface area contributed by atoms with Crippen molar-refractivity contribution >= 4 is 23.2 Å². The lowest BCUT2D eigenvalue weighted by Gasteiger charge is -2.24. The Morgan fingerprint density at radius 2 is 1.88 bits per heavy atom. The van der Waals surface area contributed by atoms with Gasteiger partial charge in [0, 0.05) is 63.1 Å². The van der Waals surface area contributed by atoms with E-state index < -0.39 is 0 Å². The molecule has 2 N–H and O–H groups in total. The van der Waals surface area contributed by atoms with Crippen LogP contribution in [0.5, 0.6) is 0 Å². The molecule has 2 aromatic rings. The van der Waals surface area contributed by atoms with Crippen LogP contribution in [-0.2, 0) is 22.6 Å². The number of benzene rings is 2. The minimum absolute atomic E-state index is 0.0481. The van der Waals surface area contributed by atoms with Crippen molar-refractivity contribution in [1.29, 1.82) is 0 Å². The molecule has 0 aromatic heterocycles. The number of anilines is 1. The number of likely N-dealkylation sites (tertiary alicyclic amines) is 1. The van der Waals surface area contributed by atoms with Crippen LogP contribution in [0.1, 0.15) is 31.4 Å². The van der Waals surface area contributed by atoms with E-state index in [9.17, 15) is 4.79 Å². The smallest absolute Gasteiger partial charge is 0.237 e. The minimum atomic E-state index is -0.194. The zero-order valence-electron chi connectivity index (χ0n) is 20.0. The number of hydrogen-bond acceptors (Lipinski definition) is 5. The van der Waals surface area contributed by atoms with Crippen LogP contribution in [0.4, 0.5) is 5.69 Å². The van der Waals surface area contributed by atoms with Crippen LogP contribution in [0.2, 0.25) is 5.02 Å². The van der Waals surface area contributed by atoms with Crippen molar-refractivity contribution in [2.45, 2.75) is 45.4 Å². The second-order valence-corrected chi connectivity index (χ2v) is 8.88. The van der Waals surface area contributed by atoms with Crippen molar-refractivity contribution in [3.63, 3.8) is 0 Å². The molecule has 180 valence electrons. The number of halogens is 1. The zero-order valence-corrected chi connectivity index (χ0v) is 20.8. The first-order chi connectivity index (χ1) is 16.0. The number of carbonyl (C=O) groups is 1. The Morgan fingerprint density at radius 3 is 2.55 bits per heavy atom. The van der Waals surface area contributed by atoms with E-state index in [0.717, 1.165) is 43.2 Å². The molecule has 1 aliphatic heterocycles. The van der Waals surface area contributed by atoms with E-state index in [1.165, 1.54) is 11.3 Å². The maximum absolute atomic E-state index is 12.9. The van der Waals surface area contributed by atoms with Crippen molar-refractivity contribution in [3.8, 4) is 0 Å². The van der Waals surface area contributed by atoms with E-state index >= 15 is 0 Å². The number of hydrogen-bond donors (Lipinski definition) is 2. The number of nitrogens with zero attached hydrogens (tertiary/aromatic N) is 2. The first kappa shape index (κ1) is 25.5. The molecule has 2 atom stereocenters. The van der Waals surface area contributed by atoms with Gasteiger partial charge in [0.2, 0.25) is 5.91 Å². The lowest BCUT2D eigenvalue weighted by molar-refractivity contribution is -0.125. The largest absolute Gasteiger partial charge is 0.383 e. The highest BCUT2D eigenvalue weighted by Crippen LogP contribution is 2.25. The summed E-state index contributed by atoms with van der Waals surface area (Å²) in [4.78, 5) is 17.5. The zero-order chi connectivity index (χ0) is 23.6. The molecule has 1 heterocycles. The molecule has 33 heavy (non-hydrogen) atoms. The summed E-state index contributed by atoms with van der Waals surface area (Å²) in [6.45, 7) is 9.61. The quantitative estimate of drug-likeness (QED) is 0.461. The molecule has 0 spiro atoms. The third-order valence-corrected chi connectivity index (χ3v) is 6.67.